The average Bonchev–Trinajstić information content (AvgIpc) is 2.71. The lowest BCUT2D eigenvalue weighted by Crippen LogP contribution is -2.36. The summed E-state index contributed by atoms with van der Waals surface area (Å²) >= 11 is 0. The minimum atomic E-state index is -0.00864. The molecule has 0 bridgehead atoms. The van der Waals surface area contributed by atoms with Gasteiger partial charge < -0.3 is 4.90 Å². The Morgan fingerprint density at radius 1 is 1.07 bits per heavy atom. The van der Waals surface area contributed by atoms with E-state index in [0.717, 1.165) is 43.1 Å². The second kappa shape index (κ2) is 7.65. The van der Waals surface area contributed by atoms with Crippen molar-refractivity contribution in [1.29, 1.82) is 0 Å². The average molecular weight is 362 g/mol. The smallest absolute Gasteiger partial charge is 0.253 e. The SMILES string of the molecule is Cc1nccc(N2CCC(Cn3cnc(-c4ccncc4)cc3=O)CC2)n1. The van der Waals surface area contributed by atoms with Gasteiger partial charge in [-0.05, 0) is 43.9 Å². The minimum Gasteiger partial charge on any atom is -0.356 e. The molecule has 0 aromatic carbocycles. The number of anilines is 1. The van der Waals surface area contributed by atoms with E-state index in [1.165, 1.54) is 0 Å². The maximum atomic E-state index is 12.5. The van der Waals surface area contributed by atoms with Gasteiger partial charge in [-0.1, -0.05) is 0 Å². The Morgan fingerprint density at radius 3 is 2.56 bits per heavy atom. The van der Waals surface area contributed by atoms with Crippen LogP contribution in [0, 0.1) is 12.8 Å². The molecule has 0 unspecified atom stereocenters. The standard InChI is InChI=1S/C20H22N6O/c1-15-22-9-4-19(24-15)25-10-5-16(6-11-25)13-26-14-23-18(12-20(26)27)17-2-7-21-8-3-17/h2-4,7-9,12,14,16H,5-6,10-11,13H2,1H3. The van der Waals surface area contributed by atoms with E-state index in [-0.39, 0.29) is 5.56 Å². The molecule has 4 rings (SSSR count). The summed E-state index contributed by atoms with van der Waals surface area (Å²) in [4.78, 5) is 31.9. The lowest BCUT2D eigenvalue weighted by Gasteiger charge is -2.33. The van der Waals surface area contributed by atoms with Crippen LogP contribution in [0.25, 0.3) is 11.3 Å². The van der Waals surface area contributed by atoms with Gasteiger partial charge in [-0.25, -0.2) is 15.0 Å². The molecule has 0 N–H and O–H groups in total. The van der Waals surface area contributed by atoms with Gasteiger partial charge in [-0.2, -0.15) is 0 Å². The maximum Gasteiger partial charge on any atom is 0.253 e. The zero-order chi connectivity index (χ0) is 18.6. The van der Waals surface area contributed by atoms with Crippen molar-refractivity contribution in [2.45, 2.75) is 26.3 Å². The lowest BCUT2D eigenvalue weighted by atomic mass is 9.96. The zero-order valence-electron chi connectivity index (χ0n) is 15.3. The van der Waals surface area contributed by atoms with Crippen molar-refractivity contribution >= 4 is 5.82 Å². The second-order valence-corrected chi connectivity index (χ2v) is 6.89. The molecule has 4 heterocycles. The highest BCUT2D eigenvalue weighted by molar-refractivity contribution is 5.57. The summed E-state index contributed by atoms with van der Waals surface area (Å²) in [5.41, 5.74) is 1.58. The first kappa shape index (κ1) is 17.3. The lowest BCUT2D eigenvalue weighted by molar-refractivity contribution is 0.350. The molecule has 0 atom stereocenters. The third-order valence-electron chi connectivity index (χ3n) is 5.01. The van der Waals surface area contributed by atoms with Crippen LogP contribution < -0.4 is 10.5 Å². The second-order valence-electron chi connectivity index (χ2n) is 6.89. The summed E-state index contributed by atoms with van der Waals surface area (Å²) in [6.07, 6.45) is 8.94. The van der Waals surface area contributed by atoms with Crippen LogP contribution >= 0.6 is 0 Å². The van der Waals surface area contributed by atoms with E-state index >= 15 is 0 Å². The van der Waals surface area contributed by atoms with Gasteiger partial charge in [0.05, 0.1) is 12.0 Å². The van der Waals surface area contributed by atoms with Gasteiger partial charge in [0.1, 0.15) is 11.6 Å². The quantitative estimate of drug-likeness (QED) is 0.709. The van der Waals surface area contributed by atoms with Crippen LogP contribution in [0.5, 0.6) is 0 Å². The molecule has 7 nitrogen and oxygen atoms in total. The summed E-state index contributed by atoms with van der Waals surface area (Å²) < 4.78 is 1.72. The molecule has 1 aliphatic rings. The topological polar surface area (TPSA) is 76.8 Å². The molecule has 0 saturated carbocycles. The van der Waals surface area contributed by atoms with Crippen LogP contribution in [0.2, 0.25) is 0 Å². The Bertz CT molecular complexity index is 963. The van der Waals surface area contributed by atoms with Crippen LogP contribution in [0.1, 0.15) is 18.7 Å². The highest BCUT2D eigenvalue weighted by Gasteiger charge is 2.21. The maximum absolute atomic E-state index is 12.5. The zero-order valence-corrected chi connectivity index (χ0v) is 15.3. The molecule has 138 valence electrons. The van der Waals surface area contributed by atoms with Gasteiger partial charge in [-0.3, -0.25) is 14.3 Å². The first-order valence-electron chi connectivity index (χ1n) is 9.20. The molecule has 0 amide bonds. The molecule has 0 aliphatic carbocycles. The van der Waals surface area contributed by atoms with Gasteiger partial charge >= 0.3 is 0 Å². The number of hydrogen-bond donors (Lipinski definition) is 0. The Hall–Kier alpha value is -3.09. The fraction of sp³-hybridized carbons (Fsp3) is 0.350. The molecule has 0 spiro atoms. The third-order valence-corrected chi connectivity index (χ3v) is 5.01. The number of aromatic nitrogens is 5. The molecule has 3 aromatic rings. The Kier molecular flexibility index (Phi) is 4.91. The summed E-state index contributed by atoms with van der Waals surface area (Å²) in [6, 6.07) is 7.28. The minimum absolute atomic E-state index is 0.00864. The first-order valence-corrected chi connectivity index (χ1v) is 9.20. The summed E-state index contributed by atoms with van der Waals surface area (Å²) in [5.74, 6) is 2.25. The van der Waals surface area contributed by atoms with Crippen LogP contribution in [-0.4, -0.2) is 37.6 Å². The molecule has 0 radical (unpaired) electrons. The predicted octanol–water partition coefficient (Wildman–Crippen LogP) is 2.32. The van der Waals surface area contributed by atoms with E-state index in [2.05, 4.69) is 24.8 Å². The molecule has 27 heavy (non-hydrogen) atoms. The molecule has 1 fully saturated rings. The fourth-order valence-corrected chi connectivity index (χ4v) is 3.49. The largest absolute Gasteiger partial charge is 0.356 e. The van der Waals surface area contributed by atoms with Crippen molar-refractivity contribution in [3.05, 3.63) is 65.4 Å². The fourth-order valence-electron chi connectivity index (χ4n) is 3.49. The van der Waals surface area contributed by atoms with Gasteiger partial charge in [0.2, 0.25) is 0 Å². The van der Waals surface area contributed by atoms with E-state index in [1.807, 2.05) is 25.1 Å². The summed E-state index contributed by atoms with van der Waals surface area (Å²) in [7, 11) is 0. The molecule has 1 aliphatic heterocycles. The summed E-state index contributed by atoms with van der Waals surface area (Å²) in [6.45, 7) is 4.50. The molecule has 1 saturated heterocycles. The molecular weight excluding hydrogens is 340 g/mol. The number of hydrogen-bond acceptors (Lipinski definition) is 6. The molecular formula is C20H22N6O. The van der Waals surface area contributed by atoms with E-state index in [1.54, 1.807) is 35.6 Å². The molecule has 7 heteroatoms. The van der Waals surface area contributed by atoms with Crippen molar-refractivity contribution in [2.75, 3.05) is 18.0 Å². The van der Waals surface area contributed by atoms with E-state index in [9.17, 15) is 4.79 Å². The van der Waals surface area contributed by atoms with Gasteiger partial charge in [0.25, 0.3) is 5.56 Å². The highest BCUT2D eigenvalue weighted by Crippen LogP contribution is 2.22. The Labute approximate surface area is 157 Å². The Morgan fingerprint density at radius 2 is 1.85 bits per heavy atom. The van der Waals surface area contributed by atoms with Crippen molar-refractivity contribution in [3.63, 3.8) is 0 Å². The molecule has 3 aromatic heterocycles. The number of rotatable bonds is 4. The highest BCUT2D eigenvalue weighted by atomic mass is 16.1. The predicted molar refractivity (Wildman–Crippen MR) is 103 cm³/mol. The van der Waals surface area contributed by atoms with Crippen LogP contribution in [0.4, 0.5) is 5.82 Å². The van der Waals surface area contributed by atoms with Crippen molar-refractivity contribution in [3.8, 4) is 11.3 Å². The van der Waals surface area contributed by atoms with Crippen LogP contribution in [0.3, 0.4) is 0 Å². The third kappa shape index (κ3) is 4.02. The normalized spacial score (nSPS) is 15.1. The number of aryl methyl sites for hydroxylation is 1. The van der Waals surface area contributed by atoms with Crippen LogP contribution in [-0.2, 0) is 6.54 Å². The van der Waals surface area contributed by atoms with Crippen molar-refractivity contribution < 1.29 is 0 Å². The van der Waals surface area contributed by atoms with Gasteiger partial charge in [-0.15, -0.1) is 0 Å². The number of piperidine rings is 1. The Balaban J connectivity index is 1.40. The van der Waals surface area contributed by atoms with Gasteiger partial charge in [0.15, 0.2) is 0 Å². The number of pyridine rings is 1. The van der Waals surface area contributed by atoms with Gasteiger partial charge in [0, 0.05) is 49.9 Å². The van der Waals surface area contributed by atoms with E-state index in [0.29, 0.717) is 18.2 Å². The van der Waals surface area contributed by atoms with E-state index in [4.69, 9.17) is 0 Å². The first-order chi connectivity index (χ1) is 13.2. The monoisotopic (exact) mass is 362 g/mol. The summed E-state index contributed by atoms with van der Waals surface area (Å²) in [5, 5.41) is 0. The van der Waals surface area contributed by atoms with Crippen LogP contribution in [0.15, 0.2) is 54.0 Å². The number of nitrogens with zero attached hydrogens (tertiary/aromatic N) is 6. The van der Waals surface area contributed by atoms with E-state index < -0.39 is 0 Å². The van der Waals surface area contributed by atoms with Crippen molar-refractivity contribution in [1.82, 2.24) is 24.5 Å². The van der Waals surface area contributed by atoms with Crippen molar-refractivity contribution in [2.24, 2.45) is 5.92 Å².